The SMILES string of the molecule is N#Cc1ccc(Br)cc1N1CC(S(N)(=O)=O)CC1=O. The number of amides is 1. The summed E-state index contributed by atoms with van der Waals surface area (Å²) in [4.78, 5) is 13.2. The molecule has 1 unspecified atom stereocenters. The predicted octanol–water partition coefficient (Wildman–Crippen LogP) is 0.715. The molecule has 6 nitrogen and oxygen atoms in total. The molecule has 1 fully saturated rings. The van der Waals surface area contributed by atoms with Crippen molar-refractivity contribution in [1.82, 2.24) is 0 Å². The Balaban J connectivity index is 2.42. The van der Waals surface area contributed by atoms with Crippen LogP contribution in [-0.4, -0.2) is 26.1 Å². The van der Waals surface area contributed by atoms with Crippen molar-refractivity contribution in [2.45, 2.75) is 11.7 Å². The Kier molecular flexibility index (Phi) is 3.62. The lowest BCUT2D eigenvalue weighted by Crippen LogP contribution is -2.32. The van der Waals surface area contributed by atoms with Gasteiger partial charge in [-0.1, -0.05) is 15.9 Å². The molecule has 1 atom stereocenters. The van der Waals surface area contributed by atoms with Gasteiger partial charge in [-0.2, -0.15) is 5.26 Å². The lowest BCUT2D eigenvalue weighted by atomic mass is 10.2. The molecular weight excluding hydrogens is 334 g/mol. The van der Waals surface area contributed by atoms with Crippen molar-refractivity contribution in [1.29, 1.82) is 5.26 Å². The lowest BCUT2D eigenvalue weighted by Gasteiger charge is -2.18. The lowest BCUT2D eigenvalue weighted by molar-refractivity contribution is -0.117. The van der Waals surface area contributed by atoms with Gasteiger partial charge in [0.2, 0.25) is 15.9 Å². The summed E-state index contributed by atoms with van der Waals surface area (Å²) in [5.41, 5.74) is 0.708. The molecule has 100 valence electrons. The molecule has 0 aliphatic carbocycles. The number of benzene rings is 1. The zero-order valence-electron chi connectivity index (χ0n) is 9.71. The van der Waals surface area contributed by atoms with Gasteiger partial charge in [0.15, 0.2) is 0 Å². The zero-order chi connectivity index (χ0) is 14.2. The number of nitrogens with two attached hydrogens (primary N) is 1. The van der Waals surface area contributed by atoms with E-state index in [1.54, 1.807) is 18.2 Å². The average molecular weight is 344 g/mol. The highest BCUT2D eigenvalue weighted by atomic mass is 79.9. The van der Waals surface area contributed by atoms with E-state index in [0.717, 1.165) is 0 Å². The third kappa shape index (κ3) is 2.78. The van der Waals surface area contributed by atoms with E-state index in [1.165, 1.54) is 4.90 Å². The number of nitriles is 1. The van der Waals surface area contributed by atoms with E-state index in [0.29, 0.717) is 15.7 Å². The maximum atomic E-state index is 11.9. The first-order valence-corrected chi connectivity index (χ1v) is 7.75. The fraction of sp³-hybridized carbons (Fsp3) is 0.273. The highest BCUT2D eigenvalue weighted by Crippen LogP contribution is 2.29. The molecule has 1 saturated heterocycles. The second kappa shape index (κ2) is 4.92. The van der Waals surface area contributed by atoms with Crippen molar-refractivity contribution >= 4 is 37.5 Å². The number of nitrogens with zero attached hydrogens (tertiary/aromatic N) is 2. The van der Waals surface area contributed by atoms with Gasteiger partial charge >= 0.3 is 0 Å². The van der Waals surface area contributed by atoms with Crippen LogP contribution in [0.2, 0.25) is 0 Å². The summed E-state index contributed by atoms with van der Waals surface area (Å²) in [5.74, 6) is -0.353. The van der Waals surface area contributed by atoms with Crippen molar-refractivity contribution in [3.05, 3.63) is 28.2 Å². The Morgan fingerprint density at radius 2 is 2.16 bits per heavy atom. The number of carbonyl (C=O) groups excluding carboxylic acids is 1. The molecule has 0 radical (unpaired) electrons. The molecule has 0 saturated carbocycles. The van der Waals surface area contributed by atoms with Crippen molar-refractivity contribution in [3.8, 4) is 6.07 Å². The smallest absolute Gasteiger partial charge is 0.228 e. The summed E-state index contributed by atoms with van der Waals surface area (Å²) in [6.07, 6.45) is -0.157. The maximum Gasteiger partial charge on any atom is 0.228 e. The van der Waals surface area contributed by atoms with Gasteiger partial charge < -0.3 is 4.90 Å². The number of primary sulfonamides is 1. The van der Waals surface area contributed by atoms with Crippen LogP contribution in [0, 0.1) is 11.3 Å². The number of sulfonamides is 1. The summed E-state index contributed by atoms with van der Waals surface area (Å²) < 4.78 is 23.3. The Hall–Kier alpha value is -1.43. The van der Waals surface area contributed by atoms with Gasteiger partial charge in [-0.25, -0.2) is 13.6 Å². The topological polar surface area (TPSA) is 104 Å². The first-order valence-electron chi connectivity index (χ1n) is 5.34. The second-order valence-corrected chi connectivity index (χ2v) is 6.95. The average Bonchev–Trinajstić information content (AvgIpc) is 2.71. The number of carbonyl (C=O) groups is 1. The van der Waals surface area contributed by atoms with Crippen molar-refractivity contribution in [2.24, 2.45) is 5.14 Å². The van der Waals surface area contributed by atoms with Crippen LogP contribution in [0.15, 0.2) is 22.7 Å². The van der Waals surface area contributed by atoms with Crippen LogP contribution in [-0.2, 0) is 14.8 Å². The normalized spacial score (nSPS) is 19.5. The van der Waals surface area contributed by atoms with Crippen LogP contribution < -0.4 is 10.0 Å². The van der Waals surface area contributed by atoms with Crippen molar-refractivity contribution < 1.29 is 13.2 Å². The van der Waals surface area contributed by atoms with E-state index in [1.807, 2.05) is 6.07 Å². The van der Waals surface area contributed by atoms with E-state index in [2.05, 4.69) is 15.9 Å². The summed E-state index contributed by atoms with van der Waals surface area (Å²) >= 11 is 3.26. The molecule has 2 N–H and O–H groups in total. The molecule has 0 bridgehead atoms. The van der Waals surface area contributed by atoms with Gasteiger partial charge in [0.1, 0.15) is 11.3 Å². The quantitative estimate of drug-likeness (QED) is 0.853. The molecule has 1 aliphatic heterocycles. The molecule has 1 heterocycles. The Labute approximate surface area is 119 Å². The van der Waals surface area contributed by atoms with E-state index < -0.39 is 15.3 Å². The maximum absolute atomic E-state index is 11.9. The van der Waals surface area contributed by atoms with Gasteiger partial charge in [-0.15, -0.1) is 0 Å². The van der Waals surface area contributed by atoms with Crippen molar-refractivity contribution in [3.63, 3.8) is 0 Å². The molecule has 0 aromatic heterocycles. The molecule has 1 aromatic rings. The fourth-order valence-corrected chi connectivity index (χ4v) is 3.03. The minimum Gasteiger partial charge on any atom is -0.310 e. The van der Waals surface area contributed by atoms with Gasteiger partial charge in [0.05, 0.1) is 11.3 Å². The number of rotatable bonds is 2. The number of hydrogen-bond donors (Lipinski definition) is 1. The Morgan fingerprint density at radius 3 is 2.68 bits per heavy atom. The number of halogens is 1. The summed E-state index contributed by atoms with van der Waals surface area (Å²) in [7, 11) is -3.76. The van der Waals surface area contributed by atoms with E-state index in [4.69, 9.17) is 10.4 Å². The molecule has 19 heavy (non-hydrogen) atoms. The molecule has 1 amide bonds. The van der Waals surface area contributed by atoms with E-state index >= 15 is 0 Å². The molecule has 0 spiro atoms. The van der Waals surface area contributed by atoms with Gasteiger partial charge in [0, 0.05) is 17.4 Å². The third-order valence-corrected chi connectivity index (χ3v) is 4.66. The largest absolute Gasteiger partial charge is 0.310 e. The van der Waals surface area contributed by atoms with Crippen LogP contribution in [0.4, 0.5) is 5.69 Å². The number of anilines is 1. The molecule has 1 aliphatic rings. The van der Waals surface area contributed by atoms with Crippen LogP contribution in [0.5, 0.6) is 0 Å². The molecule has 8 heteroatoms. The Morgan fingerprint density at radius 1 is 1.47 bits per heavy atom. The molecular formula is C11H10BrN3O3S. The standard InChI is InChI=1S/C11H10BrN3O3S/c12-8-2-1-7(5-13)10(3-8)15-6-9(4-11(15)16)19(14,17)18/h1-3,9H,4,6H2,(H2,14,17,18). The molecule has 2 rings (SSSR count). The summed E-state index contributed by atoms with van der Waals surface area (Å²) in [6.45, 7) is -0.0250. The van der Waals surface area contributed by atoms with E-state index in [-0.39, 0.29) is 18.9 Å². The monoisotopic (exact) mass is 343 g/mol. The highest BCUT2D eigenvalue weighted by Gasteiger charge is 2.37. The summed E-state index contributed by atoms with van der Waals surface area (Å²) in [5, 5.41) is 13.2. The van der Waals surface area contributed by atoms with Crippen LogP contribution in [0.3, 0.4) is 0 Å². The van der Waals surface area contributed by atoms with Gasteiger partial charge in [0.25, 0.3) is 0 Å². The number of hydrogen-bond acceptors (Lipinski definition) is 4. The second-order valence-electron chi connectivity index (χ2n) is 4.19. The first kappa shape index (κ1) is 14.0. The summed E-state index contributed by atoms with van der Waals surface area (Å²) in [6, 6.07) is 6.84. The predicted molar refractivity (Wildman–Crippen MR) is 72.7 cm³/mol. The van der Waals surface area contributed by atoms with Gasteiger partial charge in [-0.05, 0) is 18.2 Å². The zero-order valence-corrected chi connectivity index (χ0v) is 12.1. The first-order chi connectivity index (χ1) is 8.82. The van der Waals surface area contributed by atoms with Crippen LogP contribution in [0.1, 0.15) is 12.0 Å². The Bertz CT molecular complexity index is 681. The van der Waals surface area contributed by atoms with Crippen LogP contribution >= 0.6 is 15.9 Å². The van der Waals surface area contributed by atoms with Gasteiger partial charge in [-0.3, -0.25) is 4.79 Å². The minimum absolute atomic E-state index is 0.0250. The molecule has 1 aromatic carbocycles. The van der Waals surface area contributed by atoms with Crippen molar-refractivity contribution in [2.75, 3.05) is 11.4 Å². The highest BCUT2D eigenvalue weighted by molar-refractivity contribution is 9.10. The fourth-order valence-electron chi connectivity index (χ4n) is 1.95. The van der Waals surface area contributed by atoms with E-state index in [9.17, 15) is 13.2 Å². The van der Waals surface area contributed by atoms with Crippen LogP contribution in [0.25, 0.3) is 0 Å². The third-order valence-electron chi connectivity index (χ3n) is 2.93. The minimum atomic E-state index is -3.76.